The van der Waals surface area contributed by atoms with Gasteiger partial charge in [-0.1, -0.05) is 0 Å². The van der Waals surface area contributed by atoms with Gasteiger partial charge in [-0.2, -0.15) is 0 Å². The minimum atomic E-state index is -0.120. The molecule has 2 fully saturated rings. The number of aryl methyl sites for hydroxylation is 8. The SMILES string of the molecule is Cc1cc(-c2cc(C)c(OC(C)COCC(C)Oc3c(C)cc(-c4cc(C)c(OCC5CO5)c(C)c4)cc3C)c(C)c2)cc(C)c1OCC1CO1. The van der Waals surface area contributed by atoms with Crippen LogP contribution in [0.3, 0.4) is 0 Å². The Kier molecular flexibility index (Phi) is 11.3. The van der Waals surface area contributed by atoms with Crippen LogP contribution in [0.4, 0.5) is 0 Å². The maximum atomic E-state index is 6.43. The lowest BCUT2D eigenvalue weighted by atomic mass is 9.96. The van der Waals surface area contributed by atoms with Gasteiger partial charge in [0.2, 0.25) is 0 Å². The van der Waals surface area contributed by atoms with Crippen LogP contribution >= 0.6 is 0 Å². The summed E-state index contributed by atoms with van der Waals surface area (Å²) in [7, 11) is 0. The van der Waals surface area contributed by atoms with Gasteiger partial charge < -0.3 is 33.2 Å². The molecule has 7 heteroatoms. The van der Waals surface area contributed by atoms with E-state index in [1.165, 1.54) is 22.3 Å². The molecule has 2 heterocycles. The van der Waals surface area contributed by atoms with E-state index in [-0.39, 0.29) is 24.4 Å². The Bertz CT molecular complexity index is 1640. The van der Waals surface area contributed by atoms with E-state index >= 15 is 0 Å². The highest BCUT2D eigenvalue weighted by atomic mass is 16.6. The molecule has 0 aromatic heterocycles. The Morgan fingerprint density at radius 3 is 0.980 bits per heavy atom. The Labute approximate surface area is 304 Å². The third-order valence-corrected chi connectivity index (χ3v) is 9.48. The lowest BCUT2D eigenvalue weighted by Crippen LogP contribution is -2.25. The molecule has 0 spiro atoms. The third kappa shape index (κ3) is 9.26. The molecule has 2 saturated heterocycles. The first-order chi connectivity index (χ1) is 24.4. The molecule has 51 heavy (non-hydrogen) atoms. The first kappa shape index (κ1) is 36.7. The van der Waals surface area contributed by atoms with Gasteiger partial charge in [0.15, 0.2) is 0 Å². The normalized spacial score (nSPS) is 17.5. The van der Waals surface area contributed by atoms with Gasteiger partial charge in [-0.25, -0.2) is 0 Å². The van der Waals surface area contributed by atoms with Crippen LogP contribution in [0.15, 0.2) is 48.5 Å². The van der Waals surface area contributed by atoms with Gasteiger partial charge in [0.1, 0.15) is 60.6 Å². The molecule has 0 saturated carbocycles. The zero-order valence-electron chi connectivity index (χ0n) is 32.0. The molecular weight excluding hydrogens is 640 g/mol. The average Bonchev–Trinajstić information content (AvgIpc) is 4.00. The second-order valence-corrected chi connectivity index (χ2v) is 14.7. The van der Waals surface area contributed by atoms with Crippen LogP contribution < -0.4 is 18.9 Å². The van der Waals surface area contributed by atoms with Crippen molar-refractivity contribution in [2.24, 2.45) is 0 Å². The molecule has 4 aromatic carbocycles. The molecule has 4 unspecified atom stereocenters. The summed E-state index contributed by atoms with van der Waals surface area (Å²) in [5.41, 5.74) is 13.6. The number of epoxide rings is 2. The monoisotopic (exact) mass is 694 g/mol. The molecule has 0 N–H and O–H groups in total. The van der Waals surface area contributed by atoms with Crippen molar-refractivity contribution < 1.29 is 33.2 Å². The minimum Gasteiger partial charge on any atom is -0.490 e. The highest BCUT2D eigenvalue weighted by Gasteiger charge is 2.25. The van der Waals surface area contributed by atoms with E-state index in [1.807, 2.05) is 13.8 Å². The van der Waals surface area contributed by atoms with Gasteiger partial charge in [-0.05, 0) is 185 Å². The Morgan fingerprint density at radius 2 is 0.725 bits per heavy atom. The maximum absolute atomic E-state index is 6.43. The topological polar surface area (TPSA) is 71.2 Å². The van der Waals surface area contributed by atoms with E-state index < -0.39 is 0 Å². The van der Waals surface area contributed by atoms with Gasteiger partial charge in [-0.3, -0.25) is 0 Å². The first-order valence-corrected chi connectivity index (χ1v) is 18.2. The van der Waals surface area contributed by atoms with Gasteiger partial charge >= 0.3 is 0 Å². The van der Waals surface area contributed by atoms with Crippen LogP contribution in [-0.2, 0) is 14.2 Å². The molecule has 6 rings (SSSR count). The molecule has 0 aliphatic carbocycles. The molecule has 0 radical (unpaired) electrons. The van der Waals surface area contributed by atoms with Crippen molar-refractivity contribution in [1.82, 2.24) is 0 Å². The largest absolute Gasteiger partial charge is 0.490 e. The average molecular weight is 695 g/mol. The Morgan fingerprint density at radius 1 is 0.471 bits per heavy atom. The summed E-state index contributed by atoms with van der Waals surface area (Å²) in [4.78, 5) is 0. The Hall–Kier alpha value is -4.04. The van der Waals surface area contributed by atoms with Crippen LogP contribution in [-0.4, -0.2) is 64.1 Å². The molecule has 0 bridgehead atoms. The number of hydrogen-bond donors (Lipinski definition) is 0. The fourth-order valence-electron chi connectivity index (χ4n) is 6.85. The summed E-state index contributed by atoms with van der Waals surface area (Å²) in [6.45, 7) is 24.7. The number of rotatable bonds is 16. The number of hydrogen-bond acceptors (Lipinski definition) is 7. The van der Waals surface area contributed by atoms with Crippen LogP contribution in [0.2, 0.25) is 0 Å². The summed E-state index contributed by atoms with van der Waals surface area (Å²) in [6, 6.07) is 17.6. The van der Waals surface area contributed by atoms with E-state index in [2.05, 4.69) is 104 Å². The zero-order chi connectivity index (χ0) is 36.4. The minimum absolute atomic E-state index is 0.120. The summed E-state index contributed by atoms with van der Waals surface area (Å²) in [5, 5.41) is 0. The highest BCUT2D eigenvalue weighted by Crippen LogP contribution is 2.37. The fourth-order valence-corrected chi connectivity index (χ4v) is 6.85. The smallest absolute Gasteiger partial charge is 0.125 e. The van der Waals surface area contributed by atoms with Crippen LogP contribution in [0, 0.1) is 55.4 Å². The fraction of sp³-hybridized carbons (Fsp3) is 0.455. The van der Waals surface area contributed by atoms with Crippen LogP contribution in [0.1, 0.15) is 58.4 Å². The third-order valence-electron chi connectivity index (χ3n) is 9.48. The molecule has 4 atom stereocenters. The lowest BCUT2D eigenvalue weighted by molar-refractivity contribution is 0.0181. The Balaban J connectivity index is 1.01. The highest BCUT2D eigenvalue weighted by molar-refractivity contribution is 5.71. The molecule has 4 aromatic rings. The van der Waals surface area contributed by atoms with E-state index in [0.717, 1.165) is 80.7 Å². The van der Waals surface area contributed by atoms with Gasteiger partial charge in [0.05, 0.1) is 26.4 Å². The van der Waals surface area contributed by atoms with Gasteiger partial charge in [0.25, 0.3) is 0 Å². The standard InChI is InChI=1S/C44H54O7/c1-25-11-35(12-26(2)41(25)48-23-39-21-46-39)37-15-29(5)43(30(6)16-37)50-33(9)19-45-20-34(10)51-44-31(7)17-38(18-32(44)8)36-13-27(3)42(28(4)14-36)49-24-40-22-47-40/h11-18,33-34,39-40H,19-24H2,1-10H3. The molecule has 7 nitrogen and oxygen atoms in total. The van der Waals surface area contributed by atoms with E-state index in [1.54, 1.807) is 0 Å². The van der Waals surface area contributed by atoms with Crippen molar-refractivity contribution in [3.63, 3.8) is 0 Å². The number of ether oxygens (including phenoxy) is 7. The van der Waals surface area contributed by atoms with E-state index in [4.69, 9.17) is 33.2 Å². The number of benzene rings is 4. The van der Waals surface area contributed by atoms with Crippen molar-refractivity contribution in [2.75, 3.05) is 39.6 Å². The first-order valence-electron chi connectivity index (χ1n) is 18.2. The van der Waals surface area contributed by atoms with Crippen LogP contribution in [0.25, 0.3) is 22.3 Å². The van der Waals surface area contributed by atoms with Crippen molar-refractivity contribution in [3.05, 3.63) is 93.0 Å². The predicted octanol–water partition coefficient (Wildman–Crippen LogP) is 9.29. The maximum Gasteiger partial charge on any atom is 0.125 e. The van der Waals surface area contributed by atoms with Gasteiger partial charge in [-0.15, -0.1) is 0 Å². The summed E-state index contributed by atoms with van der Waals surface area (Å²) in [6.07, 6.45) is 0.234. The van der Waals surface area contributed by atoms with Crippen molar-refractivity contribution in [2.45, 2.75) is 93.7 Å². The van der Waals surface area contributed by atoms with Crippen molar-refractivity contribution >= 4 is 0 Å². The zero-order valence-corrected chi connectivity index (χ0v) is 32.0. The molecule has 2 aliphatic rings. The van der Waals surface area contributed by atoms with E-state index in [0.29, 0.717) is 26.4 Å². The summed E-state index contributed by atoms with van der Waals surface area (Å²) >= 11 is 0. The van der Waals surface area contributed by atoms with Crippen LogP contribution in [0.5, 0.6) is 23.0 Å². The lowest BCUT2D eigenvalue weighted by Gasteiger charge is -2.22. The van der Waals surface area contributed by atoms with E-state index in [9.17, 15) is 0 Å². The second-order valence-electron chi connectivity index (χ2n) is 14.7. The molecule has 272 valence electrons. The quantitative estimate of drug-likeness (QED) is 0.108. The molecule has 0 amide bonds. The van der Waals surface area contributed by atoms with Crippen molar-refractivity contribution in [1.29, 1.82) is 0 Å². The predicted molar refractivity (Wildman–Crippen MR) is 203 cm³/mol. The summed E-state index contributed by atoms with van der Waals surface area (Å²) in [5.74, 6) is 3.72. The summed E-state index contributed by atoms with van der Waals surface area (Å²) < 4.78 is 41.7. The molecular formula is C44H54O7. The van der Waals surface area contributed by atoms with Crippen molar-refractivity contribution in [3.8, 4) is 45.3 Å². The second kappa shape index (κ2) is 15.7. The van der Waals surface area contributed by atoms with Gasteiger partial charge in [0, 0.05) is 0 Å². The molecule has 2 aliphatic heterocycles.